The number of piperidine rings is 1. The molecule has 3 aromatic rings. The van der Waals surface area contributed by atoms with Crippen LogP contribution in [0.2, 0.25) is 0 Å². The molecular weight excluding hydrogens is 665 g/mol. The molecule has 1 aromatic heterocycles. The van der Waals surface area contributed by atoms with Gasteiger partial charge in [-0.1, -0.05) is 43.5 Å². The van der Waals surface area contributed by atoms with Crippen molar-refractivity contribution in [2.24, 2.45) is 23.7 Å². The summed E-state index contributed by atoms with van der Waals surface area (Å²) in [4.78, 5) is 14.9. The number of carboxylic acids is 1. The molecule has 264 valence electrons. The number of likely N-dealkylation sites (tertiary alicyclic amines) is 1. The fourth-order valence-corrected chi connectivity index (χ4v) is 8.35. The quantitative estimate of drug-likeness (QED) is 0.202. The average Bonchev–Trinajstić information content (AvgIpc) is 3.60. The second-order valence-corrected chi connectivity index (χ2v) is 14.0. The van der Waals surface area contributed by atoms with E-state index in [4.69, 9.17) is 5.10 Å². The van der Waals surface area contributed by atoms with Crippen LogP contribution in [0.1, 0.15) is 98.2 Å². The van der Waals surface area contributed by atoms with Crippen molar-refractivity contribution in [3.63, 3.8) is 0 Å². The Kier molecular flexibility index (Phi) is 13.0. The molecule has 3 aliphatic rings. The lowest BCUT2D eigenvalue weighted by atomic mass is 9.74. The summed E-state index contributed by atoms with van der Waals surface area (Å²) in [5, 5.41) is 15.0. The van der Waals surface area contributed by atoms with Gasteiger partial charge < -0.3 is 10.0 Å². The molecule has 5 nitrogen and oxygen atoms in total. The molecule has 0 radical (unpaired) electrons. The van der Waals surface area contributed by atoms with Crippen molar-refractivity contribution in [1.82, 2.24) is 14.7 Å². The molecular formula is C37H47Cl2F4N3O2. The molecule has 11 heteroatoms. The molecule has 2 saturated carbocycles. The van der Waals surface area contributed by atoms with Gasteiger partial charge in [0.25, 0.3) is 0 Å². The third kappa shape index (κ3) is 8.94. The van der Waals surface area contributed by atoms with Crippen LogP contribution < -0.4 is 0 Å². The molecule has 3 unspecified atom stereocenters. The molecule has 0 amide bonds. The molecule has 1 N–H and O–H groups in total. The van der Waals surface area contributed by atoms with Gasteiger partial charge in [0.05, 0.1) is 17.2 Å². The van der Waals surface area contributed by atoms with E-state index in [9.17, 15) is 27.5 Å². The van der Waals surface area contributed by atoms with E-state index in [2.05, 4.69) is 17.9 Å². The summed E-state index contributed by atoms with van der Waals surface area (Å²) in [6, 6.07) is 14.3. The molecule has 2 aromatic carbocycles. The zero-order valence-electron chi connectivity index (χ0n) is 27.4. The van der Waals surface area contributed by atoms with Gasteiger partial charge in [-0.3, -0.25) is 9.48 Å². The van der Waals surface area contributed by atoms with E-state index in [0.29, 0.717) is 18.3 Å². The van der Waals surface area contributed by atoms with Gasteiger partial charge in [-0.15, -0.1) is 24.8 Å². The number of aryl methyl sites for hydroxylation is 1. The van der Waals surface area contributed by atoms with Crippen molar-refractivity contribution in [2.45, 2.75) is 89.3 Å². The predicted molar refractivity (Wildman–Crippen MR) is 184 cm³/mol. The Morgan fingerprint density at radius 2 is 1.71 bits per heavy atom. The van der Waals surface area contributed by atoms with Crippen LogP contribution >= 0.6 is 24.8 Å². The first kappa shape index (κ1) is 38.2. The third-order valence-electron chi connectivity index (χ3n) is 11.0. The topological polar surface area (TPSA) is 58.4 Å². The Balaban J connectivity index is 0.00000260. The van der Waals surface area contributed by atoms with Crippen molar-refractivity contribution in [3.8, 4) is 0 Å². The molecule has 4 atom stereocenters. The number of benzene rings is 2. The molecule has 2 aliphatic carbocycles. The zero-order valence-corrected chi connectivity index (χ0v) is 29.0. The Bertz CT molecular complexity index is 1490. The molecule has 2 heterocycles. The van der Waals surface area contributed by atoms with Crippen LogP contribution in [-0.4, -0.2) is 45.4 Å². The van der Waals surface area contributed by atoms with E-state index >= 15 is 0 Å². The van der Waals surface area contributed by atoms with E-state index in [-0.39, 0.29) is 54.3 Å². The maximum atomic E-state index is 14.3. The number of aliphatic carboxylic acids is 1. The minimum absolute atomic E-state index is 0. The Morgan fingerprint density at radius 1 is 1.00 bits per heavy atom. The number of nitrogens with zero attached hydrogens (tertiary/aromatic N) is 3. The van der Waals surface area contributed by atoms with E-state index in [1.54, 1.807) is 12.1 Å². The number of carboxylic acid groups (broad SMARTS) is 1. The second kappa shape index (κ2) is 16.4. The number of rotatable bonds is 11. The third-order valence-corrected chi connectivity index (χ3v) is 11.0. The summed E-state index contributed by atoms with van der Waals surface area (Å²) < 4.78 is 55.3. The van der Waals surface area contributed by atoms with Gasteiger partial charge in [-0.25, -0.2) is 4.39 Å². The summed E-state index contributed by atoms with van der Waals surface area (Å²) in [5.74, 6) is 0.160. The summed E-state index contributed by atoms with van der Waals surface area (Å²) in [5.41, 5.74) is 3.19. The highest BCUT2D eigenvalue weighted by atomic mass is 35.5. The minimum atomic E-state index is -4.35. The standard InChI is InChI=1S/C37H45F4N3O2.2ClH/c1-2-44-35(22-32(42-44)17-25-9-11-30(12-10-25)37(39,40)41)26-13-15-43(16-14-26)23-29-19-28(34(36(45)46)18-24-5-3-6-24)21-33(29)27-7-4-8-31(38)20-27;;/h4,7-12,20,22,24,26,28-29,33-34H,2-3,5-6,13-19,21,23H2,1H3,(H,45,46);2*1H/t28?,29?,33?,34-;;/m0../s1. The average molecular weight is 713 g/mol. The highest BCUT2D eigenvalue weighted by Crippen LogP contribution is 2.49. The summed E-state index contributed by atoms with van der Waals surface area (Å²) in [6.07, 6.45) is 3.99. The zero-order chi connectivity index (χ0) is 32.4. The lowest BCUT2D eigenvalue weighted by molar-refractivity contribution is -0.144. The number of alkyl halides is 3. The van der Waals surface area contributed by atoms with Gasteiger partial charge in [-0.2, -0.15) is 18.3 Å². The van der Waals surface area contributed by atoms with Gasteiger partial charge in [0.1, 0.15) is 5.82 Å². The lowest BCUT2D eigenvalue weighted by Crippen LogP contribution is -2.37. The summed E-state index contributed by atoms with van der Waals surface area (Å²) in [6.45, 7) is 5.52. The van der Waals surface area contributed by atoms with Crippen molar-refractivity contribution in [3.05, 3.63) is 88.5 Å². The van der Waals surface area contributed by atoms with Crippen LogP contribution in [0.4, 0.5) is 17.6 Å². The SMILES string of the molecule is CCn1nc(Cc2ccc(C(F)(F)F)cc2)cc1C1CCN(CC2CC([C@H](CC3CCC3)C(=O)O)CC2c2cccc(F)c2)CC1.Cl.Cl. The first-order chi connectivity index (χ1) is 22.1. The number of halogens is 6. The molecule has 6 rings (SSSR count). The number of carbonyl (C=O) groups is 1. The van der Waals surface area contributed by atoms with Crippen molar-refractivity contribution < 1.29 is 27.5 Å². The fourth-order valence-electron chi connectivity index (χ4n) is 8.35. The van der Waals surface area contributed by atoms with Crippen molar-refractivity contribution >= 4 is 30.8 Å². The first-order valence-electron chi connectivity index (χ1n) is 17.0. The maximum absolute atomic E-state index is 14.3. The highest BCUT2D eigenvalue weighted by molar-refractivity contribution is 5.85. The predicted octanol–water partition coefficient (Wildman–Crippen LogP) is 9.38. The maximum Gasteiger partial charge on any atom is 0.416 e. The van der Waals surface area contributed by atoms with Crippen LogP contribution in [0.5, 0.6) is 0 Å². The Hall–Kier alpha value is -2.62. The van der Waals surface area contributed by atoms with Crippen LogP contribution in [0.3, 0.4) is 0 Å². The van der Waals surface area contributed by atoms with Gasteiger partial charge >= 0.3 is 12.1 Å². The molecule has 3 fully saturated rings. The fraction of sp³-hybridized carbons (Fsp3) is 0.568. The number of hydrogen-bond donors (Lipinski definition) is 1. The summed E-state index contributed by atoms with van der Waals surface area (Å²) >= 11 is 0. The highest BCUT2D eigenvalue weighted by Gasteiger charge is 2.43. The normalized spacial score (nSPS) is 22.8. The molecule has 0 spiro atoms. The lowest BCUT2D eigenvalue weighted by Gasteiger charge is -2.35. The van der Waals surface area contributed by atoms with Crippen LogP contribution in [0, 0.1) is 29.5 Å². The Labute approximate surface area is 293 Å². The van der Waals surface area contributed by atoms with Gasteiger partial charge in [0, 0.05) is 31.1 Å². The van der Waals surface area contributed by atoms with E-state index in [1.165, 1.54) is 30.3 Å². The van der Waals surface area contributed by atoms with E-state index < -0.39 is 17.7 Å². The molecule has 1 aliphatic heterocycles. The van der Waals surface area contributed by atoms with E-state index in [0.717, 1.165) is 100 Å². The molecule has 48 heavy (non-hydrogen) atoms. The first-order valence-corrected chi connectivity index (χ1v) is 17.0. The van der Waals surface area contributed by atoms with Crippen molar-refractivity contribution in [1.29, 1.82) is 0 Å². The second-order valence-electron chi connectivity index (χ2n) is 14.0. The number of hydrogen-bond acceptors (Lipinski definition) is 3. The molecule has 0 bridgehead atoms. The summed E-state index contributed by atoms with van der Waals surface area (Å²) in [7, 11) is 0. The molecule has 1 saturated heterocycles. The smallest absolute Gasteiger partial charge is 0.416 e. The van der Waals surface area contributed by atoms with Crippen molar-refractivity contribution in [2.75, 3.05) is 19.6 Å². The van der Waals surface area contributed by atoms with Gasteiger partial charge in [0.2, 0.25) is 0 Å². The van der Waals surface area contributed by atoms with Crippen LogP contribution in [-0.2, 0) is 23.9 Å². The minimum Gasteiger partial charge on any atom is -0.481 e. The largest absolute Gasteiger partial charge is 0.481 e. The van der Waals surface area contributed by atoms with Gasteiger partial charge in [-0.05, 0) is 117 Å². The number of aromatic nitrogens is 2. The van der Waals surface area contributed by atoms with Gasteiger partial charge in [0.15, 0.2) is 0 Å². The van der Waals surface area contributed by atoms with Crippen LogP contribution in [0.15, 0.2) is 54.6 Å². The van der Waals surface area contributed by atoms with Crippen LogP contribution in [0.25, 0.3) is 0 Å². The Morgan fingerprint density at radius 3 is 2.29 bits per heavy atom. The monoisotopic (exact) mass is 711 g/mol. The van der Waals surface area contributed by atoms with E-state index in [1.807, 2.05) is 10.7 Å².